The summed E-state index contributed by atoms with van der Waals surface area (Å²) in [6.45, 7) is 1.05. The highest BCUT2D eigenvalue weighted by molar-refractivity contribution is 5.74. The maximum Gasteiger partial charge on any atom is 0.323 e. The van der Waals surface area contributed by atoms with E-state index in [0.29, 0.717) is 0 Å². The maximum absolute atomic E-state index is 10.4. The minimum atomic E-state index is -1.18. The van der Waals surface area contributed by atoms with Gasteiger partial charge in [-0.25, -0.2) is 0 Å². The summed E-state index contributed by atoms with van der Waals surface area (Å²) >= 11 is 0. The van der Waals surface area contributed by atoms with Gasteiger partial charge in [0.1, 0.15) is 17.8 Å². The lowest BCUT2D eigenvalue weighted by Gasteiger charge is -2.06. The van der Waals surface area contributed by atoms with E-state index in [1.165, 1.54) is 19.1 Å². The van der Waals surface area contributed by atoms with Gasteiger partial charge in [0.05, 0.1) is 12.6 Å². The molecule has 1 aromatic carbocycles. The first-order valence-corrected chi connectivity index (χ1v) is 7.26. The van der Waals surface area contributed by atoms with Crippen molar-refractivity contribution in [1.29, 1.82) is 0 Å². The highest BCUT2D eigenvalue weighted by atomic mass is 16.4. The SMILES string of the molecule is C[C@@H](O)[C@H](N)C(=O)O.NCC(=O)O.N[C@@H](Cc1ccc(O)cc1)C(=O)O. The number of aliphatic carboxylic acids is 3. The number of aliphatic hydroxyl groups is 1. The smallest absolute Gasteiger partial charge is 0.323 e. The summed E-state index contributed by atoms with van der Waals surface area (Å²) in [5.41, 5.74) is 15.6. The van der Waals surface area contributed by atoms with Crippen LogP contribution in [0.15, 0.2) is 24.3 Å². The Bertz CT molecular complexity index is 563. The van der Waals surface area contributed by atoms with E-state index in [9.17, 15) is 14.4 Å². The van der Waals surface area contributed by atoms with Gasteiger partial charge in [-0.15, -0.1) is 0 Å². The van der Waals surface area contributed by atoms with Crippen molar-refractivity contribution in [2.45, 2.75) is 31.5 Å². The molecule has 0 bridgehead atoms. The number of hydrogen-bond donors (Lipinski definition) is 8. The van der Waals surface area contributed by atoms with Gasteiger partial charge in [-0.3, -0.25) is 14.4 Å². The van der Waals surface area contributed by atoms with Gasteiger partial charge in [0, 0.05) is 0 Å². The monoisotopic (exact) mass is 375 g/mol. The van der Waals surface area contributed by atoms with Crippen LogP contribution >= 0.6 is 0 Å². The van der Waals surface area contributed by atoms with Gasteiger partial charge in [0.25, 0.3) is 0 Å². The second kappa shape index (κ2) is 13.5. The molecule has 0 aromatic heterocycles. The summed E-state index contributed by atoms with van der Waals surface area (Å²) in [6.07, 6.45) is -0.706. The molecular formula is C15H25N3O8. The Morgan fingerprint density at radius 2 is 1.42 bits per heavy atom. The van der Waals surface area contributed by atoms with Gasteiger partial charge in [-0.1, -0.05) is 12.1 Å². The van der Waals surface area contributed by atoms with Crippen molar-refractivity contribution < 1.29 is 39.9 Å². The van der Waals surface area contributed by atoms with Crippen molar-refractivity contribution in [3.63, 3.8) is 0 Å². The Kier molecular flexibility index (Phi) is 13.3. The standard InChI is InChI=1S/C9H11NO3.C4H9NO3.C2H5NO2/c10-8(9(12)13)5-6-1-3-7(11)4-2-6;1-2(6)3(5)4(7)8;3-1-2(4)5/h1-4,8,11H,5,10H2,(H,12,13);2-3,6H,5H2,1H3,(H,7,8);1,3H2,(H,4,5)/t8-;2-,3+;/m01./s1. The third-order valence-corrected chi connectivity index (χ3v) is 2.69. The van der Waals surface area contributed by atoms with Crippen LogP contribution in [0.3, 0.4) is 0 Å². The molecule has 0 amide bonds. The van der Waals surface area contributed by atoms with E-state index in [0.717, 1.165) is 5.56 Å². The van der Waals surface area contributed by atoms with Crippen LogP contribution in [0.5, 0.6) is 5.75 Å². The van der Waals surface area contributed by atoms with E-state index < -0.39 is 36.1 Å². The molecule has 0 aliphatic rings. The van der Waals surface area contributed by atoms with Gasteiger partial charge in [-0.05, 0) is 31.0 Å². The van der Waals surface area contributed by atoms with Crippen molar-refractivity contribution in [1.82, 2.24) is 0 Å². The van der Waals surface area contributed by atoms with Crippen LogP contribution in [-0.2, 0) is 20.8 Å². The highest BCUT2D eigenvalue weighted by Crippen LogP contribution is 2.10. The molecule has 3 atom stereocenters. The number of carboxylic acids is 3. The maximum atomic E-state index is 10.4. The minimum absolute atomic E-state index is 0.160. The fourth-order valence-corrected chi connectivity index (χ4v) is 1.18. The molecule has 0 spiro atoms. The predicted octanol–water partition coefficient (Wildman–Crippen LogP) is -1.84. The molecule has 0 aliphatic carbocycles. The van der Waals surface area contributed by atoms with E-state index in [1.54, 1.807) is 12.1 Å². The number of carboxylic acid groups (broad SMARTS) is 3. The molecule has 11 heteroatoms. The molecule has 0 heterocycles. The third-order valence-electron chi connectivity index (χ3n) is 2.69. The zero-order chi connectivity index (χ0) is 20.9. The summed E-state index contributed by atoms with van der Waals surface area (Å²) in [6, 6.07) is 4.27. The van der Waals surface area contributed by atoms with Crippen molar-refractivity contribution in [3.05, 3.63) is 29.8 Å². The lowest BCUT2D eigenvalue weighted by Crippen LogP contribution is -2.39. The number of benzene rings is 1. The molecule has 11 N–H and O–H groups in total. The summed E-state index contributed by atoms with van der Waals surface area (Å²) in [5, 5.41) is 41.6. The van der Waals surface area contributed by atoms with Crippen LogP contribution in [0.4, 0.5) is 0 Å². The molecule has 0 aliphatic heterocycles. The molecule has 0 unspecified atom stereocenters. The molecule has 0 radical (unpaired) electrons. The van der Waals surface area contributed by atoms with Crippen LogP contribution in [-0.4, -0.2) is 68.2 Å². The highest BCUT2D eigenvalue weighted by Gasteiger charge is 2.16. The number of aromatic hydroxyl groups is 1. The lowest BCUT2D eigenvalue weighted by atomic mass is 10.1. The van der Waals surface area contributed by atoms with Gasteiger partial charge in [-0.2, -0.15) is 0 Å². The molecule has 0 fully saturated rings. The van der Waals surface area contributed by atoms with Crippen molar-refractivity contribution >= 4 is 17.9 Å². The van der Waals surface area contributed by atoms with E-state index in [-0.39, 0.29) is 18.7 Å². The average molecular weight is 375 g/mol. The van der Waals surface area contributed by atoms with E-state index in [4.69, 9.17) is 37.0 Å². The summed E-state index contributed by atoms with van der Waals surface area (Å²) < 4.78 is 0. The molecule has 26 heavy (non-hydrogen) atoms. The molecule has 0 saturated heterocycles. The first-order chi connectivity index (χ1) is 11.9. The first-order valence-electron chi connectivity index (χ1n) is 7.26. The third kappa shape index (κ3) is 13.7. The first kappa shape index (κ1) is 25.5. The van der Waals surface area contributed by atoms with E-state index >= 15 is 0 Å². The number of rotatable bonds is 6. The number of phenolic OH excluding ortho intramolecular Hbond substituents is 1. The fraction of sp³-hybridized carbons (Fsp3) is 0.400. The molecule has 1 rings (SSSR count). The summed E-state index contributed by atoms with van der Waals surface area (Å²) in [4.78, 5) is 29.5. The summed E-state index contributed by atoms with van der Waals surface area (Å²) in [7, 11) is 0. The van der Waals surface area contributed by atoms with Crippen LogP contribution in [0.2, 0.25) is 0 Å². The fourth-order valence-electron chi connectivity index (χ4n) is 1.18. The van der Waals surface area contributed by atoms with Gasteiger partial charge in [0.2, 0.25) is 0 Å². The normalized spacial score (nSPS) is 13.0. The minimum Gasteiger partial charge on any atom is -0.508 e. The molecule has 11 nitrogen and oxygen atoms in total. The van der Waals surface area contributed by atoms with Crippen molar-refractivity contribution in [3.8, 4) is 5.75 Å². The van der Waals surface area contributed by atoms with Crippen LogP contribution in [0.25, 0.3) is 0 Å². The number of nitrogens with two attached hydrogens (primary N) is 3. The zero-order valence-electron chi connectivity index (χ0n) is 14.1. The van der Waals surface area contributed by atoms with Gasteiger partial charge >= 0.3 is 17.9 Å². The predicted molar refractivity (Wildman–Crippen MR) is 91.4 cm³/mol. The molecule has 148 valence electrons. The van der Waals surface area contributed by atoms with Crippen LogP contribution in [0, 0.1) is 0 Å². The van der Waals surface area contributed by atoms with Crippen LogP contribution < -0.4 is 17.2 Å². The van der Waals surface area contributed by atoms with E-state index in [2.05, 4.69) is 5.73 Å². The Morgan fingerprint density at radius 1 is 1.00 bits per heavy atom. The molecule has 1 aromatic rings. The van der Waals surface area contributed by atoms with Crippen molar-refractivity contribution in [2.24, 2.45) is 17.2 Å². The summed E-state index contributed by atoms with van der Waals surface area (Å²) in [5.74, 6) is -3.01. The number of aliphatic hydroxyl groups excluding tert-OH is 1. The Labute approximate surface area is 149 Å². The quantitative estimate of drug-likeness (QED) is 0.275. The Morgan fingerprint density at radius 3 is 1.65 bits per heavy atom. The average Bonchev–Trinajstić information content (AvgIpc) is 2.56. The second-order valence-corrected chi connectivity index (χ2v) is 5.02. The molecular weight excluding hydrogens is 350 g/mol. The van der Waals surface area contributed by atoms with Crippen LogP contribution in [0.1, 0.15) is 12.5 Å². The number of phenols is 1. The topological polar surface area (TPSA) is 230 Å². The van der Waals surface area contributed by atoms with Gasteiger partial charge < -0.3 is 42.7 Å². The Balaban J connectivity index is 0. The second-order valence-electron chi connectivity index (χ2n) is 5.02. The van der Waals surface area contributed by atoms with E-state index in [1.807, 2.05) is 0 Å². The largest absolute Gasteiger partial charge is 0.508 e. The molecule has 0 saturated carbocycles. The van der Waals surface area contributed by atoms with Gasteiger partial charge in [0.15, 0.2) is 0 Å². The number of hydrogen-bond acceptors (Lipinski definition) is 8. The number of carbonyl (C=O) groups is 3. The van der Waals surface area contributed by atoms with Crippen molar-refractivity contribution in [2.75, 3.05) is 6.54 Å². The Hall–Kier alpha value is -2.73. The lowest BCUT2D eigenvalue weighted by molar-refractivity contribution is -0.141. The zero-order valence-corrected chi connectivity index (χ0v) is 14.1.